The van der Waals surface area contributed by atoms with E-state index >= 15 is 0 Å². The van der Waals surface area contributed by atoms with Gasteiger partial charge in [-0.25, -0.2) is 4.98 Å². The molecular formula is C11H12ClN3S. The van der Waals surface area contributed by atoms with E-state index in [0.717, 1.165) is 35.8 Å². The third-order valence-corrected chi connectivity index (χ3v) is 4.10. The Morgan fingerprint density at radius 3 is 3.19 bits per heavy atom. The summed E-state index contributed by atoms with van der Waals surface area (Å²) in [5, 5.41) is 2.68. The van der Waals surface area contributed by atoms with Gasteiger partial charge in [-0.3, -0.25) is 0 Å². The van der Waals surface area contributed by atoms with Crippen molar-refractivity contribution in [2.45, 2.75) is 25.4 Å². The molecule has 1 atom stereocenters. The smallest absolute Gasteiger partial charge is 0.152 e. The van der Waals surface area contributed by atoms with Crippen LogP contribution in [0.3, 0.4) is 0 Å². The van der Waals surface area contributed by atoms with Crippen molar-refractivity contribution in [1.82, 2.24) is 9.55 Å². The van der Waals surface area contributed by atoms with Crippen LogP contribution in [0.1, 0.15) is 12.1 Å². The molecule has 1 aliphatic rings. The van der Waals surface area contributed by atoms with Gasteiger partial charge in [-0.15, -0.1) is 11.3 Å². The molecule has 0 spiro atoms. The summed E-state index contributed by atoms with van der Waals surface area (Å²) >= 11 is 7.84. The Hall–Kier alpha value is -0.840. The number of nitrogens with zero attached hydrogens (tertiary/aromatic N) is 2. The second-order valence-corrected chi connectivity index (χ2v) is 5.37. The zero-order chi connectivity index (χ0) is 11.1. The van der Waals surface area contributed by atoms with E-state index in [1.807, 2.05) is 11.4 Å². The van der Waals surface area contributed by atoms with Crippen molar-refractivity contribution in [3.63, 3.8) is 0 Å². The monoisotopic (exact) mass is 253 g/mol. The van der Waals surface area contributed by atoms with Crippen molar-refractivity contribution in [3.05, 3.63) is 28.4 Å². The molecule has 2 aromatic rings. The summed E-state index contributed by atoms with van der Waals surface area (Å²) < 4.78 is 2.17. The first-order chi connectivity index (χ1) is 7.75. The largest absolute Gasteiger partial charge is 0.326 e. The van der Waals surface area contributed by atoms with Crippen LogP contribution in [0.5, 0.6) is 0 Å². The summed E-state index contributed by atoms with van der Waals surface area (Å²) in [6.07, 6.45) is 1.92. The number of fused-ring (bicyclic) bond motifs is 1. The number of hydrogen-bond acceptors (Lipinski definition) is 3. The highest BCUT2D eigenvalue weighted by atomic mass is 35.5. The second-order valence-electron chi connectivity index (χ2n) is 4.06. The number of thiophene rings is 1. The van der Waals surface area contributed by atoms with Crippen molar-refractivity contribution < 1.29 is 0 Å². The first-order valence-corrected chi connectivity index (χ1v) is 6.56. The van der Waals surface area contributed by atoms with Crippen LogP contribution in [0.2, 0.25) is 5.15 Å². The number of rotatable bonds is 1. The SMILES string of the molecule is NC1CCc2c(Cl)nc(-c3cccs3)n2C1. The Labute approximate surface area is 103 Å². The predicted octanol–water partition coefficient (Wildman–Crippen LogP) is 2.54. The van der Waals surface area contributed by atoms with Crippen molar-refractivity contribution in [1.29, 1.82) is 0 Å². The highest BCUT2D eigenvalue weighted by Crippen LogP contribution is 2.31. The summed E-state index contributed by atoms with van der Waals surface area (Å²) in [6.45, 7) is 0.822. The van der Waals surface area contributed by atoms with Gasteiger partial charge in [0.05, 0.1) is 10.6 Å². The van der Waals surface area contributed by atoms with Crippen LogP contribution in [0.15, 0.2) is 17.5 Å². The van der Waals surface area contributed by atoms with Gasteiger partial charge in [0.1, 0.15) is 0 Å². The number of hydrogen-bond donors (Lipinski definition) is 1. The minimum Gasteiger partial charge on any atom is -0.326 e. The molecule has 16 heavy (non-hydrogen) atoms. The quantitative estimate of drug-likeness (QED) is 0.849. The van der Waals surface area contributed by atoms with Crippen molar-refractivity contribution in [3.8, 4) is 10.7 Å². The molecule has 0 aliphatic carbocycles. The number of imidazole rings is 1. The molecule has 3 nitrogen and oxygen atoms in total. The Morgan fingerprint density at radius 1 is 1.56 bits per heavy atom. The van der Waals surface area contributed by atoms with E-state index in [-0.39, 0.29) is 6.04 Å². The molecule has 0 bridgehead atoms. The van der Waals surface area contributed by atoms with E-state index in [9.17, 15) is 0 Å². The number of nitrogens with two attached hydrogens (primary N) is 1. The van der Waals surface area contributed by atoms with E-state index in [1.54, 1.807) is 11.3 Å². The Kier molecular flexibility index (Phi) is 2.50. The average molecular weight is 254 g/mol. The van der Waals surface area contributed by atoms with Gasteiger partial charge in [-0.05, 0) is 24.3 Å². The molecule has 3 heterocycles. The van der Waals surface area contributed by atoms with Crippen LogP contribution in [-0.2, 0) is 13.0 Å². The molecule has 1 aliphatic heterocycles. The van der Waals surface area contributed by atoms with Gasteiger partial charge in [0, 0.05) is 12.6 Å². The van der Waals surface area contributed by atoms with Gasteiger partial charge in [0.25, 0.3) is 0 Å². The van der Waals surface area contributed by atoms with Crippen LogP contribution >= 0.6 is 22.9 Å². The van der Waals surface area contributed by atoms with Crippen molar-refractivity contribution >= 4 is 22.9 Å². The van der Waals surface area contributed by atoms with E-state index in [4.69, 9.17) is 17.3 Å². The van der Waals surface area contributed by atoms with Gasteiger partial charge in [0.15, 0.2) is 11.0 Å². The van der Waals surface area contributed by atoms with Gasteiger partial charge in [0.2, 0.25) is 0 Å². The molecule has 0 saturated heterocycles. The van der Waals surface area contributed by atoms with E-state index < -0.39 is 0 Å². The molecule has 5 heteroatoms. The van der Waals surface area contributed by atoms with Crippen LogP contribution in [0.25, 0.3) is 10.7 Å². The molecule has 0 amide bonds. The van der Waals surface area contributed by atoms with E-state index in [0.29, 0.717) is 5.15 Å². The van der Waals surface area contributed by atoms with Crippen molar-refractivity contribution in [2.75, 3.05) is 0 Å². The maximum atomic E-state index is 6.16. The third kappa shape index (κ3) is 1.57. The Morgan fingerprint density at radius 2 is 2.44 bits per heavy atom. The fourth-order valence-corrected chi connectivity index (χ4v) is 3.13. The lowest BCUT2D eigenvalue weighted by Crippen LogP contribution is -2.32. The highest BCUT2D eigenvalue weighted by molar-refractivity contribution is 7.13. The fraction of sp³-hybridized carbons (Fsp3) is 0.364. The van der Waals surface area contributed by atoms with Gasteiger partial charge < -0.3 is 10.3 Å². The van der Waals surface area contributed by atoms with Gasteiger partial charge in [-0.1, -0.05) is 17.7 Å². The summed E-state index contributed by atoms with van der Waals surface area (Å²) in [6, 6.07) is 4.31. The first kappa shape index (κ1) is 10.3. The maximum absolute atomic E-state index is 6.16. The van der Waals surface area contributed by atoms with Crippen molar-refractivity contribution in [2.24, 2.45) is 5.73 Å². The molecule has 0 fully saturated rings. The topological polar surface area (TPSA) is 43.8 Å². The number of halogens is 1. The van der Waals surface area contributed by atoms with Gasteiger partial charge >= 0.3 is 0 Å². The normalized spacial score (nSPS) is 19.8. The van der Waals surface area contributed by atoms with Crippen LogP contribution < -0.4 is 5.73 Å². The summed E-state index contributed by atoms with van der Waals surface area (Å²) in [4.78, 5) is 5.61. The minimum atomic E-state index is 0.219. The predicted molar refractivity (Wildman–Crippen MR) is 66.8 cm³/mol. The molecule has 1 unspecified atom stereocenters. The Balaban J connectivity index is 2.13. The Bertz CT molecular complexity index is 504. The highest BCUT2D eigenvalue weighted by Gasteiger charge is 2.23. The molecule has 3 rings (SSSR count). The minimum absolute atomic E-state index is 0.219. The summed E-state index contributed by atoms with van der Waals surface area (Å²) in [5.74, 6) is 0.963. The van der Waals surface area contributed by atoms with Crippen LogP contribution in [0.4, 0.5) is 0 Å². The second kappa shape index (κ2) is 3.87. The molecule has 0 aromatic carbocycles. The molecule has 2 aromatic heterocycles. The molecular weight excluding hydrogens is 242 g/mol. The molecule has 2 N–H and O–H groups in total. The fourth-order valence-electron chi connectivity index (χ4n) is 2.13. The summed E-state index contributed by atoms with van der Waals surface area (Å²) in [7, 11) is 0. The maximum Gasteiger partial charge on any atom is 0.152 e. The molecule has 0 radical (unpaired) electrons. The van der Waals surface area contributed by atoms with Crippen LogP contribution in [0, 0.1) is 0 Å². The zero-order valence-corrected chi connectivity index (χ0v) is 10.3. The lowest BCUT2D eigenvalue weighted by molar-refractivity contribution is 0.464. The zero-order valence-electron chi connectivity index (χ0n) is 8.69. The molecule has 84 valence electrons. The van der Waals surface area contributed by atoms with Crippen LogP contribution in [-0.4, -0.2) is 15.6 Å². The number of aromatic nitrogens is 2. The lowest BCUT2D eigenvalue weighted by atomic mass is 10.1. The average Bonchev–Trinajstić information content (AvgIpc) is 2.86. The first-order valence-electron chi connectivity index (χ1n) is 5.30. The third-order valence-electron chi connectivity index (χ3n) is 2.93. The van der Waals surface area contributed by atoms with E-state index in [2.05, 4.69) is 15.6 Å². The lowest BCUT2D eigenvalue weighted by Gasteiger charge is -2.22. The molecule has 0 saturated carbocycles. The standard InChI is InChI=1S/C11H12ClN3S/c12-10-8-4-3-7(13)6-15(8)11(14-10)9-2-1-5-16-9/h1-2,5,7H,3-4,6,13H2. The van der Waals surface area contributed by atoms with Gasteiger partial charge in [-0.2, -0.15) is 0 Å². The summed E-state index contributed by atoms with van der Waals surface area (Å²) in [5.41, 5.74) is 7.12. The van der Waals surface area contributed by atoms with E-state index in [1.165, 1.54) is 0 Å².